The second-order valence-corrected chi connectivity index (χ2v) is 9.53. The molecule has 0 aliphatic carbocycles. The van der Waals surface area contributed by atoms with Crippen molar-refractivity contribution < 1.29 is 23.9 Å². The van der Waals surface area contributed by atoms with Gasteiger partial charge in [0.1, 0.15) is 24.3 Å². The molecule has 4 atom stereocenters. The van der Waals surface area contributed by atoms with E-state index in [0.29, 0.717) is 0 Å². The monoisotopic (exact) mass is 462 g/mol. The standard InChI is InChI=1S/C27H30N2O5/c1-5-12-20(25(31)34-27(2,3)4)28-22(19-15-10-7-11-16-19)23(24(28)30)29-21(17-33-26(29)32)18-13-8-6-9-14-18/h5-11,13-16,20-23H,1,12,17H2,2-4H3/t20-,21-,22-,23+/m1/s1. The van der Waals surface area contributed by atoms with Gasteiger partial charge in [-0.15, -0.1) is 6.58 Å². The molecule has 2 saturated heterocycles. The van der Waals surface area contributed by atoms with Crippen LogP contribution >= 0.6 is 0 Å². The van der Waals surface area contributed by atoms with Gasteiger partial charge in [0, 0.05) is 0 Å². The first-order valence-corrected chi connectivity index (χ1v) is 11.4. The molecular formula is C27H30N2O5. The number of β-lactam (4-membered cyclic amide) rings is 1. The number of hydrogen-bond acceptors (Lipinski definition) is 5. The summed E-state index contributed by atoms with van der Waals surface area (Å²) in [5, 5.41) is 0. The number of benzene rings is 2. The van der Waals surface area contributed by atoms with Gasteiger partial charge in [-0.1, -0.05) is 66.7 Å². The fraction of sp³-hybridized carbons (Fsp3) is 0.370. The molecule has 2 heterocycles. The molecule has 2 aliphatic rings. The van der Waals surface area contributed by atoms with Crippen LogP contribution in [0.2, 0.25) is 0 Å². The van der Waals surface area contributed by atoms with Gasteiger partial charge in [-0.25, -0.2) is 9.59 Å². The molecule has 2 aliphatic heterocycles. The van der Waals surface area contributed by atoms with Crippen molar-refractivity contribution in [2.24, 2.45) is 0 Å². The largest absolute Gasteiger partial charge is 0.458 e. The summed E-state index contributed by atoms with van der Waals surface area (Å²) in [6.07, 6.45) is 1.31. The second-order valence-electron chi connectivity index (χ2n) is 9.53. The Morgan fingerprint density at radius 2 is 1.65 bits per heavy atom. The Kier molecular flexibility index (Phi) is 6.46. The van der Waals surface area contributed by atoms with Crippen LogP contribution in [0.15, 0.2) is 73.3 Å². The highest BCUT2D eigenvalue weighted by Gasteiger charge is 2.59. The first-order valence-electron chi connectivity index (χ1n) is 11.4. The zero-order valence-electron chi connectivity index (χ0n) is 19.7. The molecule has 0 bridgehead atoms. The lowest BCUT2D eigenvalue weighted by atomic mass is 9.84. The highest BCUT2D eigenvalue weighted by Crippen LogP contribution is 2.45. The molecule has 178 valence electrons. The molecule has 7 nitrogen and oxygen atoms in total. The smallest absolute Gasteiger partial charge is 0.411 e. The molecule has 0 aromatic heterocycles. The minimum Gasteiger partial charge on any atom is -0.458 e. The fourth-order valence-corrected chi connectivity index (χ4v) is 4.63. The van der Waals surface area contributed by atoms with E-state index in [1.165, 1.54) is 9.80 Å². The highest BCUT2D eigenvalue weighted by molar-refractivity contribution is 5.96. The Hall–Kier alpha value is -3.61. The van der Waals surface area contributed by atoms with E-state index in [1.807, 2.05) is 60.7 Å². The zero-order valence-corrected chi connectivity index (χ0v) is 19.7. The summed E-state index contributed by atoms with van der Waals surface area (Å²) in [4.78, 5) is 42.7. The molecule has 2 aromatic rings. The van der Waals surface area contributed by atoms with Crippen LogP contribution < -0.4 is 0 Å². The predicted octanol–water partition coefficient (Wildman–Crippen LogP) is 4.42. The van der Waals surface area contributed by atoms with Crippen molar-refractivity contribution in [1.82, 2.24) is 9.80 Å². The number of carbonyl (C=O) groups is 3. The van der Waals surface area contributed by atoms with Crippen molar-refractivity contribution in [1.29, 1.82) is 0 Å². The van der Waals surface area contributed by atoms with E-state index < -0.39 is 41.8 Å². The van der Waals surface area contributed by atoms with Gasteiger partial charge in [0.25, 0.3) is 0 Å². The summed E-state index contributed by atoms with van der Waals surface area (Å²) in [5.41, 5.74) is 1.01. The maximum Gasteiger partial charge on any atom is 0.411 e. The van der Waals surface area contributed by atoms with Crippen LogP contribution in [0.25, 0.3) is 0 Å². The van der Waals surface area contributed by atoms with E-state index in [2.05, 4.69) is 6.58 Å². The number of nitrogens with zero attached hydrogens (tertiary/aromatic N) is 2. The molecule has 0 radical (unpaired) electrons. The Labute approximate surface area is 199 Å². The molecular weight excluding hydrogens is 432 g/mol. The topological polar surface area (TPSA) is 76.2 Å². The summed E-state index contributed by atoms with van der Waals surface area (Å²) >= 11 is 0. The Bertz CT molecular complexity index is 1060. The number of carbonyl (C=O) groups excluding carboxylic acids is 3. The van der Waals surface area contributed by atoms with E-state index in [4.69, 9.17) is 9.47 Å². The van der Waals surface area contributed by atoms with E-state index in [0.717, 1.165) is 11.1 Å². The van der Waals surface area contributed by atoms with E-state index in [9.17, 15) is 14.4 Å². The molecule has 4 rings (SSSR count). The summed E-state index contributed by atoms with van der Waals surface area (Å²) < 4.78 is 11.0. The summed E-state index contributed by atoms with van der Waals surface area (Å²) in [6, 6.07) is 16.4. The third kappa shape index (κ3) is 4.42. The van der Waals surface area contributed by atoms with Crippen LogP contribution in [0.1, 0.15) is 50.4 Å². The quantitative estimate of drug-likeness (QED) is 0.346. The summed E-state index contributed by atoms with van der Waals surface area (Å²) in [6.45, 7) is 9.30. The van der Waals surface area contributed by atoms with Crippen LogP contribution in [0.5, 0.6) is 0 Å². The minimum atomic E-state index is -0.848. The van der Waals surface area contributed by atoms with Gasteiger partial charge >= 0.3 is 12.1 Å². The Morgan fingerprint density at radius 3 is 2.21 bits per heavy atom. The highest BCUT2D eigenvalue weighted by atomic mass is 16.6. The zero-order chi connectivity index (χ0) is 24.5. The fourth-order valence-electron chi connectivity index (χ4n) is 4.63. The molecule has 34 heavy (non-hydrogen) atoms. The SMILES string of the molecule is C=CC[C@H](C(=O)OC(C)(C)C)N1C(=O)[C@@H](N2C(=O)OC[C@@H]2c2ccccc2)[C@H]1c1ccccc1. The van der Waals surface area contributed by atoms with Crippen molar-refractivity contribution in [3.8, 4) is 0 Å². The predicted molar refractivity (Wildman–Crippen MR) is 127 cm³/mol. The lowest BCUT2D eigenvalue weighted by molar-refractivity contribution is -0.179. The van der Waals surface area contributed by atoms with Crippen LogP contribution in [0.4, 0.5) is 4.79 Å². The molecule has 0 unspecified atom stereocenters. The Balaban J connectivity index is 1.72. The maximum absolute atomic E-state index is 13.7. The van der Waals surface area contributed by atoms with E-state index >= 15 is 0 Å². The number of hydrogen-bond donors (Lipinski definition) is 0. The number of rotatable bonds is 7. The van der Waals surface area contributed by atoms with Crippen molar-refractivity contribution in [3.63, 3.8) is 0 Å². The van der Waals surface area contributed by atoms with Gasteiger partial charge in [0.15, 0.2) is 0 Å². The van der Waals surface area contributed by atoms with Crippen LogP contribution in [-0.4, -0.2) is 52.1 Å². The van der Waals surface area contributed by atoms with Crippen LogP contribution in [0, 0.1) is 0 Å². The average molecular weight is 463 g/mol. The second kappa shape index (κ2) is 9.33. The lowest BCUT2D eigenvalue weighted by Crippen LogP contribution is -2.69. The van der Waals surface area contributed by atoms with Crippen molar-refractivity contribution in [2.75, 3.05) is 6.61 Å². The first kappa shape index (κ1) is 23.5. The molecule has 0 spiro atoms. The molecule has 0 saturated carbocycles. The van der Waals surface area contributed by atoms with Crippen LogP contribution in [-0.2, 0) is 19.1 Å². The van der Waals surface area contributed by atoms with Gasteiger partial charge in [-0.2, -0.15) is 0 Å². The average Bonchev–Trinajstić information content (AvgIpc) is 3.17. The number of amides is 2. The number of ether oxygens (including phenoxy) is 2. The molecule has 2 fully saturated rings. The summed E-state index contributed by atoms with van der Waals surface area (Å²) in [7, 11) is 0. The Morgan fingerprint density at radius 1 is 1.06 bits per heavy atom. The van der Waals surface area contributed by atoms with Gasteiger partial charge in [0.05, 0.1) is 12.1 Å². The third-order valence-electron chi connectivity index (χ3n) is 6.05. The molecule has 2 aromatic carbocycles. The van der Waals surface area contributed by atoms with Crippen molar-refractivity contribution in [3.05, 3.63) is 84.4 Å². The van der Waals surface area contributed by atoms with E-state index in [1.54, 1.807) is 26.8 Å². The first-order chi connectivity index (χ1) is 16.2. The number of cyclic esters (lactones) is 1. The lowest BCUT2D eigenvalue weighted by Gasteiger charge is -2.53. The molecule has 7 heteroatoms. The third-order valence-corrected chi connectivity index (χ3v) is 6.05. The normalized spacial score (nSPS) is 23.2. The van der Waals surface area contributed by atoms with Crippen molar-refractivity contribution >= 4 is 18.0 Å². The van der Waals surface area contributed by atoms with Gasteiger partial charge in [-0.3, -0.25) is 9.69 Å². The van der Waals surface area contributed by atoms with Gasteiger partial charge < -0.3 is 14.4 Å². The van der Waals surface area contributed by atoms with Gasteiger partial charge in [-0.05, 0) is 38.3 Å². The number of esters is 1. The maximum atomic E-state index is 13.7. The van der Waals surface area contributed by atoms with E-state index in [-0.39, 0.29) is 18.9 Å². The van der Waals surface area contributed by atoms with Crippen LogP contribution in [0.3, 0.4) is 0 Å². The molecule has 0 N–H and O–H groups in total. The number of likely N-dealkylation sites (tertiary alicyclic amines) is 1. The summed E-state index contributed by atoms with van der Waals surface area (Å²) in [5.74, 6) is -0.810. The molecule has 2 amide bonds. The van der Waals surface area contributed by atoms with Crippen molar-refractivity contribution in [2.45, 2.75) is 57.0 Å². The van der Waals surface area contributed by atoms with Gasteiger partial charge in [0.2, 0.25) is 5.91 Å². The minimum absolute atomic E-state index is 0.163.